The number of anilines is 1. The van der Waals surface area contributed by atoms with Gasteiger partial charge in [0.1, 0.15) is 5.25 Å². The van der Waals surface area contributed by atoms with E-state index in [2.05, 4.69) is 32.9 Å². The van der Waals surface area contributed by atoms with Crippen molar-refractivity contribution in [1.82, 2.24) is 4.90 Å². The number of halogens is 1. The zero-order chi connectivity index (χ0) is 19.4. The number of hydrogen-bond donors (Lipinski definition) is 1. The Hall–Kier alpha value is -1.87. The number of amidine groups is 1. The van der Waals surface area contributed by atoms with E-state index in [9.17, 15) is 9.59 Å². The molecule has 1 heterocycles. The summed E-state index contributed by atoms with van der Waals surface area (Å²) in [4.78, 5) is 31.3. The van der Waals surface area contributed by atoms with Crippen LogP contribution >= 0.6 is 34.4 Å². The fourth-order valence-corrected chi connectivity index (χ4v) is 4.33. The van der Waals surface area contributed by atoms with Crippen LogP contribution in [0.5, 0.6) is 0 Å². The smallest absolute Gasteiger partial charge is 0.242 e. The van der Waals surface area contributed by atoms with Crippen LogP contribution in [0.3, 0.4) is 0 Å². The highest BCUT2D eigenvalue weighted by Gasteiger charge is 2.38. The van der Waals surface area contributed by atoms with Crippen LogP contribution in [0, 0.1) is 10.5 Å². The molecule has 27 heavy (non-hydrogen) atoms. The minimum Gasteiger partial charge on any atom is -0.326 e. The topological polar surface area (TPSA) is 61.8 Å². The number of nitrogens with zero attached hydrogens (tertiary/aromatic N) is 2. The summed E-state index contributed by atoms with van der Waals surface area (Å²) in [5.41, 5.74) is 2.62. The maximum Gasteiger partial charge on any atom is 0.242 e. The highest BCUT2D eigenvalue weighted by atomic mass is 127. The highest BCUT2D eigenvalue weighted by Crippen LogP contribution is 2.31. The van der Waals surface area contributed by atoms with Gasteiger partial charge in [0, 0.05) is 22.2 Å². The molecule has 0 radical (unpaired) electrons. The number of carbonyl (C=O) groups is 2. The predicted octanol–water partition coefficient (Wildman–Crippen LogP) is 4.58. The Labute approximate surface area is 176 Å². The molecule has 0 bridgehead atoms. The average Bonchev–Trinajstić information content (AvgIpc) is 2.91. The summed E-state index contributed by atoms with van der Waals surface area (Å²) in [6.07, 6.45) is 0.125. The van der Waals surface area contributed by atoms with E-state index in [4.69, 9.17) is 0 Å². The van der Waals surface area contributed by atoms with Gasteiger partial charge in [0.2, 0.25) is 11.8 Å². The molecule has 1 aliphatic rings. The first-order valence-corrected chi connectivity index (χ1v) is 10.6. The van der Waals surface area contributed by atoms with E-state index >= 15 is 0 Å². The lowest BCUT2D eigenvalue weighted by molar-refractivity contribution is -0.128. The first-order chi connectivity index (χ1) is 13.0. The molecule has 1 N–H and O–H groups in total. The SMILES string of the molecule is CCN1C(=O)[C@H](CC(=O)Nc2cccc(C)c2)SC1=Nc1ccc(I)cc1. The summed E-state index contributed by atoms with van der Waals surface area (Å²) < 4.78 is 1.13. The second-order valence-electron chi connectivity index (χ2n) is 6.18. The Morgan fingerprint density at radius 3 is 2.67 bits per heavy atom. The largest absolute Gasteiger partial charge is 0.326 e. The van der Waals surface area contributed by atoms with Crippen molar-refractivity contribution in [3.8, 4) is 0 Å². The van der Waals surface area contributed by atoms with Crippen LogP contribution in [0.4, 0.5) is 11.4 Å². The molecule has 0 unspecified atom stereocenters. The maximum atomic E-state index is 12.7. The van der Waals surface area contributed by atoms with Crippen LogP contribution < -0.4 is 5.32 Å². The molecule has 0 spiro atoms. The molecule has 0 aromatic heterocycles. The number of amides is 2. The van der Waals surface area contributed by atoms with E-state index < -0.39 is 5.25 Å². The number of rotatable bonds is 5. The van der Waals surface area contributed by atoms with E-state index in [0.717, 1.165) is 20.5 Å². The second kappa shape index (κ2) is 8.88. The molecular weight excluding hydrogens is 473 g/mol. The molecule has 0 aliphatic carbocycles. The zero-order valence-electron chi connectivity index (χ0n) is 15.1. The van der Waals surface area contributed by atoms with Gasteiger partial charge in [-0.3, -0.25) is 14.5 Å². The molecular formula is C20H20IN3O2S. The van der Waals surface area contributed by atoms with Crippen LogP contribution in [0.2, 0.25) is 0 Å². The van der Waals surface area contributed by atoms with Gasteiger partial charge >= 0.3 is 0 Å². The molecule has 1 aliphatic heterocycles. The van der Waals surface area contributed by atoms with Gasteiger partial charge in [-0.15, -0.1) is 0 Å². The van der Waals surface area contributed by atoms with E-state index in [-0.39, 0.29) is 18.2 Å². The standard InChI is InChI=1S/C20H20IN3O2S/c1-3-24-19(26)17(12-18(25)22-16-6-4-5-13(2)11-16)27-20(24)23-15-9-7-14(21)8-10-15/h4-11,17H,3,12H2,1-2H3,(H,22,25)/t17-/m0/s1. The zero-order valence-corrected chi connectivity index (χ0v) is 18.1. The van der Waals surface area contributed by atoms with E-state index in [1.54, 1.807) is 4.90 Å². The fraction of sp³-hybridized carbons (Fsp3) is 0.250. The van der Waals surface area contributed by atoms with Gasteiger partial charge in [0.25, 0.3) is 0 Å². The average molecular weight is 493 g/mol. The molecule has 2 amide bonds. The number of hydrogen-bond acceptors (Lipinski definition) is 4. The second-order valence-corrected chi connectivity index (χ2v) is 8.60. The third kappa shape index (κ3) is 5.10. The number of nitrogens with one attached hydrogen (secondary N) is 1. The van der Waals surface area contributed by atoms with Gasteiger partial charge in [0.15, 0.2) is 5.17 Å². The Balaban J connectivity index is 1.70. The third-order valence-electron chi connectivity index (χ3n) is 4.06. The first kappa shape index (κ1) is 19.9. The minimum atomic E-state index is -0.447. The number of aliphatic imine (C=N–C) groups is 1. The van der Waals surface area contributed by atoms with Crippen LogP contribution in [-0.4, -0.2) is 33.7 Å². The Morgan fingerprint density at radius 1 is 1.26 bits per heavy atom. The van der Waals surface area contributed by atoms with E-state index in [0.29, 0.717) is 11.7 Å². The van der Waals surface area contributed by atoms with E-state index in [1.807, 2.05) is 62.4 Å². The fourth-order valence-electron chi connectivity index (χ4n) is 2.75. The van der Waals surface area contributed by atoms with Crippen LogP contribution in [-0.2, 0) is 9.59 Å². The number of aryl methyl sites for hydroxylation is 1. The number of benzene rings is 2. The van der Waals surface area contributed by atoms with Gasteiger partial charge in [0.05, 0.1) is 5.69 Å². The molecule has 140 valence electrons. The summed E-state index contributed by atoms with van der Waals surface area (Å²) in [5, 5.41) is 3.07. The first-order valence-electron chi connectivity index (χ1n) is 8.65. The minimum absolute atomic E-state index is 0.0637. The van der Waals surface area contributed by atoms with Crippen LogP contribution in [0.25, 0.3) is 0 Å². The van der Waals surface area contributed by atoms with E-state index in [1.165, 1.54) is 11.8 Å². The van der Waals surface area contributed by atoms with Gasteiger partial charge in [-0.25, -0.2) is 4.99 Å². The monoisotopic (exact) mass is 493 g/mol. The summed E-state index contributed by atoms with van der Waals surface area (Å²) in [5.74, 6) is -0.232. The molecule has 1 atom stereocenters. The molecule has 2 aromatic carbocycles. The quantitative estimate of drug-likeness (QED) is 0.621. The van der Waals surface area contributed by atoms with Crippen molar-refractivity contribution >= 4 is 62.7 Å². The van der Waals surface area contributed by atoms with Crippen LogP contribution in [0.15, 0.2) is 53.5 Å². The normalized spacial score (nSPS) is 18.2. The van der Waals surface area contributed by atoms with Gasteiger partial charge < -0.3 is 5.32 Å². The molecule has 0 saturated carbocycles. The maximum absolute atomic E-state index is 12.7. The van der Waals surface area contributed by atoms with Crippen molar-refractivity contribution in [2.45, 2.75) is 25.5 Å². The number of thioether (sulfide) groups is 1. The predicted molar refractivity (Wildman–Crippen MR) is 119 cm³/mol. The van der Waals surface area contributed by atoms with Crippen molar-refractivity contribution < 1.29 is 9.59 Å². The summed E-state index contributed by atoms with van der Waals surface area (Å²) >= 11 is 3.60. The number of carbonyl (C=O) groups excluding carboxylic acids is 2. The van der Waals surface area contributed by atoms with Gasteiger partial charge in [-0.05, 0) is 78.4 Å². The Bertz CT molecular complexity index is 883. The Kier molecular flexibility index (Phi) is 6.54. The lowest BCUT2D eigenvalue weighted by Crippen LogP contribution is -2.33. The molecule has 3 rings (SSSR count). The molecule has 1 fully saturated rings. The van der Waals surface area contributed by atoms with Gasteiger partial charge in [-0.1, -0.05) is 23.9 Å². The summed E-state index contributed by atoms with van der Waals surface area (Å²) in [7, 11) is 0. The van der Waals surface area contributed by atoms with Crippen molar-refractivity contribution in [2.75, 3.05) is 11.9 Å². The van der Waals surface area contributed by atoms with Crippen molar-refractivity contribution in [3.63, 3.8) is 0 Å². The highest BCUT2D eigenvalue weighted by molar-refractivity contribution is 14.1. The van der Waals surface area contributed by atoms with Crippen molar-refractivity contribution in [3.05, 3.63) is 57.7 Å². The summed E-state index contributed by atoms with van der Waals surface area (Å²) in [6.45, 7) is 4.42. The molecule has 2 aromatic rings. The molecule has 7 heteroatoms. The lowest BCUT2D eigenvalue weighted by Gasteiger charge is -2.13. The molecule has 5 nitrogen and oxygen atoms in total. The Morgan fingerprint density at radius 2 is 2.00 bits per heavy atom. The molecule has 1 saturated heterocycles. The third-order valence-corrected chi connectivity index (χ3v) is 5.95. The van der Waals surface area contributed by atoms with Gasteiger partial charge in [-0.2, -0.15) is 0 Å². The van der Waals surface area contributed by atoms with Crippen molar-refractivity contribution in [1.29, 1.82) is 0 Å². The van der Waals surface area contributed by atoms with Crippen LogP contribution in [0.1, 0.15) is 18.9 Å². The lowest BCUT2D eigenvalue weighted by atomic mass is 10.2. The van der Waals surface area contributed by atoms with Crippen molar-refractivity contribution in [2.24, 2.45) is 4.99 Å². The summed E-state index contributed by atoms with van der Waals surface area (Å²) in [6, 6.07) is 15.4.